The summed E-state index contributed by atoms with van der Waals surface area (Å²) in [6.45, 7) is 2.12. The molecule has 6 heteroatoms. The zero-order chi connectivity index (χ0) is 14.7. The third-order valence-electron chi connectivity index (χ3n) is 2.89. The first-order valence-electron chi connectivity index (χ1n) is 6.09. The van der Waals surface area contributed by atoms with Crippen molar-refractivity contribution in [2.45, 2.75) is 20.0 Å². The molecule has 106 valence electrons. The van der Waals surface area contributed by atoms with Crippen molar-refractivity contribution in [2.75, 3.05) is 0 Å². The van der Waals surface area contributed by atoms with Crippen LogP contribution in [0.1, 0.15) is 17.0 Å². The topological polar surface area (TPSA) is 64.4 Å². The normalized spacial score (nSPS) is 10.6. The molecule has 0 aliphatic rings. The van der Waals surface area contributed by atoms with Gasteiger partial charge in [-0.2, -0.15) is 5.10 Å². The number of hydrogen-bond acceptors (Lipinski definition) is 3. The molecule has 1 heterocycles. The summed E-state index contributed by atoms with van der Waals surface area (Å²) in [6, 6.07) is 7.01. The van der Waals surface area contributed by atoms with Crippen molar-refractivity contribution in [3.63, 3.8) is 0 Å². The van der Waals surface area contributed by atoms with Crippen molar-refractivity contribution in [1.29, 1.82) is 0 Å². The summed E-state index contributed by atoms with van der Waals surface area (Å²) >= 11 is 6.14. The van der Waals surface area contributed by atoms with Crippen molar-refractivity contribution in [3.05, 3.63) is 46.2 Å². The fourth-order valence-corrected chi connectivity index (χ4v) is 2.12. The lowest BCUT2D eigenvalue weighted by Gasteiger charge is -2.08. The van der Waals surface area contributed by atoms with Crippen LogP contribution in [0.2, 0.25) is 5.02 Å². The highest BCUT2D eigenvalue weighted by Gasteiger charge is 2.11. The van der Waals surface area contributed by atoms with Crippen LogP contribution in [0, 0.1) is 6.92 Å². The minimum absolute atomic E-state index is 0.0250. The number of aryl methyl sites for hydroxylation is 2. The quantitative estimate of drug-likeness (QED) is 0.920. The molecule has 20 heavy (non-hydrogen) atoms. The second kappa shape index (κ2) is 5.96. The molecule has 0 fully saturated rings. The Morgan fingerprint density at radius 1 is 1.50 bits per heavy atom. The fraction of sp³-hybridized carbons (Fsp3) is 0.286. The Morgan fingerprint density at radius 2 is 2.25 bits per heavy atom. The van der Waals surface area contributed by atoms with E-state index in [4.69, 9.17) is 21.4 Å². The van der Waals surface area contributed by atoms with E-state index in [1.54, 1.807) is 36.0 Å². The van der Waals surface area contributed by atoms with E-state index in [1.807, 2.05) is 6.92 Å². The Kier molecular flexibility index (Phi) is 4.29. The molecule has 0 radical (unpaired) electrons. The number of halogens is 1. The van der Waals surface area contributed by atoms with E-state index in [-0.39, 0.29) is 13.0 Å². The lowest BCUT2D eigenvalue weighted by atomic mass is 10.1. The minimum atomic E-state index is -0.868. The maximum absolute atomic E-state index is 10.7. The van der Waals surface area contributed by atoms with E-state index in [1.165, 1.54) is 0 Å². The molecule has 0 unspecified atom stereocenters. The summed E-state index contributed by atoms with van der Waals surface area (Å²) < 4.78 is 7.33. The Bertz CT molecular complexity index is 637. The van der Waals surface area contributed by atoms with Crippen molar-refractivity contribution in [2.24, 2.45) is 7.05 Å². The highest BCUT2D eigenvalue weighted by Crippen LogP contribution is 2.22. The lowest BCUT2D eigenvalue weighted by molar-refractivity contribution is -0.136. The predicted octanol–water partition coefficient (Wildman–Crippen LogP) is 2.59. The standard InChI is InChI=1S/C14H15ClN2O3/c1-9-14(15)12(17(2)16-9)8-20-11-5-3-4-10(6-11)7-13(18)19/h3-6H,7-8H2,1-2H3,(H,18,19). The van der Waals surface area contributed by atoms with Gasteiger partial charge in [0.2, 0.25) is 0 Å². The van der Waals surface area contributed by atoms with Gasteiger partial charge in [-0.1, -0.05) is 23.7 Å². The first-order valence-corrected chi connectivity index (χ1v) is 6.46. The molecule has 1 aromatic heterocycles. The van der Waals surface area contributed by atoms with Crippen LogP contribution < -0.4 is 4.74 Å². The average molecular weight is 295 g/mol. The van der Waals surface area contributed by atoms with Crippen molar-refractivity contribution >= 4 is 17.6 Å². The van der Waals surface area contributed by atoms with Crippen LogP contribution in [0.25, 0.3) is 0 Å². The van der Waals surface area contributed by atoms with Crippen LogP contribution >= 0.6 is 11.6 Å². The van der Waals surface area contributed by atoms with E-state index < -0.39 is 5.97 Å². The number of rotatable bonds is 5. The third kappa shape index (κ3) is 3.30. The first-order chi connectivity index (χ1) is 9.47. The second-order valence-electron chi connectivity index (χ2n) is 4.48. The number of hydrogen-bond donors (Lipinski definition) is 1. The molecule has 0 aliphatic heterocycles. The monoisotopic (exact) mass is 294 g/mol. The first kappa shape index (κ1) is 14.4. The van der Waals surface area contributed by atoms with Gasteiger partial charge in [0, 0.05) is 7.05 Å². The predicted molar refractivity (Wildman–Crippen MR) is 75.1 cm³/mol. The Hall–Kier alpha value is -2.01. The van der Waals surface area contributed by atoms with E-state index in [2.05, 4.69) is 5.10 Å². The van der Waals surface area contributed by atoms with Crippen LogP contribution in [0.15, 0.2) is 24.3 Å². The van der Waals surface area contributed by atoms with E-state index in [0.29, 0.717) is 16.3 Å². The summed E-state index contributed by atoms with van der Waals surface area (Å²) in [4.78, 5) is 10.7. The maximum Gasteiger partial charge on any atom is 0.307 e. The molecule has 0 bridgehead atoms. The summed E-state index contributed by atoms with van der Waals surface area (Å²) in [5.41, 5.74) is 2.24. The zero-order valence-electron chi connectivity index (χ0n) is 11.3. The maximum atomic E-state index is 10.7. The van der Waals surface area contributed by atoms with Gasteiger partial charge in [0.05, 0.1) is 22.8 Å². The summed E-state index contributed by atoms with van der Waals surface area (Å²) in [5.74, 6) is -0.258. The highest BCUT2D eigenvalue weighted by molar-refractivity contribution is 6.31. The molecule has 0 spiro atoms. The number of benzene rings is 1. The van der Waals surface area contributed by atoms with Crippen molar-refractivity contribution < 1.29 is 14.6 Å². The van der Waals surface area contributed by atoms with Gasteiger partial charge in [0.25, 0.3) is 0 Å². The van der Waals surface area contributed by atoms with Crippen LogP contribution in [0.4, 0.5) is 0 Å². The molecular weight excluding hydrogens is 280 g/mol. The van der Waals surface area contributed by atoms with Crippen LogP contribution in [-0.4, -0.2) is 20.9 Å². The fourth-order valence-electron chi connectivity index (χ4n) is 1.91. The molecule has 0 amide bonds. The Balaban J connectivity index is 2.09. The molecule has 2 aromatic rings. The van der Waals surface area contributed by atoms with Gasteiger partial charge in [-0.25, -0.2) is 0 Å². The number of carboxylic acid groups (broad SMARTS) is 1. The molecule has 5 nitrogen and oxygen atoms in total. The Morgan fingerprint density at radius 3 is 2.85 bits per heavy atom. The Labute approximate surface area is 121 Å². The molecule has 0 saturated heterocycles. The number of ether oxygens (including phenoxy) is 1. The van der Waals surface area contributed by atoms with Crippen LogP contribution in [0.5, 0.6) is 5.75 Å². The zero-order valence-corrected chi connectivity index (χ0v) is 12.0. The van der Waals surface area contributed by atoms with Gasteiger partial charge in [-0.3, -0.25) is 9.48 Å². The second-order valence-corrected chi connectivity index (χ2v) is 4.85. The van der Waals surface area contributed by atoms with Gasteiger partial charge in [0.1, 0.15) is 12.4 Å². The largest absolute Gasteiger partial charge is 0.487 e. The van der Waals surface area contributed by atoms with Crippen molar-refractivity contribution in [1.82, 2.24) is 9.78 Å². The minimum Gasteiger partial charge on any atom is -0.487 e. The molecule has 0 atom stereocenters. The molecule has 1 N–H and O–H groups in total. The van der Waals surface area contributed by atoms with Crippen molar-refractivity contribution in [3.8, 4) is 5.75 Å². The van der Waals surface area contributed by atoms with Gasteiger partial charge < -0.3 is 9.84 Å². The molecule has 1 aromatic carbocycles. The number of carbonyl (C=O) groups is 1. The average Bonchev–Trinajstić information content (AvgIpc) is 2.61. The third-order valence-corrected chi connectivity index (χ3v) is 3.38. The number of aromatic nitrogens is 2. The van der Waals surface area contributed by atoms with Crippen LogP contribution in [-0.2, 0) is 24.9 Å². The SMILES string of the molecule is Cc1nn(C)c(COc2cccc(CC(=O)O)c2)c1Cl. The summed E-state index contributed by atoms with van der Waals surface area (Å²) in [6.07, 6.45) is -0.0250. The smallest absolute Gasteiger partial charge is 0.307 e. The van der Waals surface area contributed by atoms with Gasteiger partial charge in [-0.05, 0) is 24.6 Å². The van der Waals surface area contributed by atoms with E-state index in [9.17, 15) is 4.79 Å². The molecule has 2 rings (SSSR count). The number of carboxylic acids is 1. The van der Waals surface area contributed by atoms with E-state index in [0.717, 1.165) is 11.4 Å². The number of aliphatic carboxylic acids is 1. The molecule has 0 saturated carbocycles. The van der Waals surface area contributed by atoms with E-state index >= 15 is 0 Å². The lowest BCUT2D eigenvalue weighted by Crippen LogP contribution is -2.04. The molecule has 0 aliphatic carbocycles. The van der Waals surface area contributed by atoms with Crippen LogP contribution in [0.3, 0.4) is 0 Å². The molecular formula is C14H15ClN2O3. The summed E-state index contributed by atoms with van der Waals surface area (Å²) in [7, 11) is 1.80. The van der Waals surface area contributed by atoms with Gasteiger partial charge >= 0.3 is 5.97 Å². The van der Waals surface area contributed by atoms with Gasteiger partial charge in [-0.15, -0.1) is 0 Å². The highest BCUT2D eigenvalue weighted by atomic mass is 35.5. The number of nitrogens with zero attached hydrogens (tertiary/aromatic N) is 2. The summed E-state index contributed by atoms with van der Waals surface area (Å²) in [5, 5.41) is 13.6. The van der Waals surface area contributed by atoms with Gasteiger partial charge in [0.15, 0.2) is 0 Å².